The van der Waals surface area contributed by atoms with Crippen LogP contribution in [0.4, 0.5) is 5.69 Å². The molecule has 8 heteroatoms. The lowest BCUT2D eigenvalue weighted by molar-refractivity contribution is -0.114. The predicted octanol–water partition coefficient (Wildman–Crippen LogP) is 2.98. The fourth-order valence-electron chi connectivity index (χ4n) is 3.04. The topological polar surface area (TPSA) is 89.4 Å². The van der Waals surface area contributed by atoms with Gasteiger partial charge in [0.2, 0.25) is 15.9 Å². The Morgan fingerprint density at radius 3 is 2.68 bits per heavy atom. The summed E-state index contributed by atoms with van der Waals surface area (Å²) < 4.78 is 35.3. The highest BCUT2D eigenvalue weighted by Crippen LogP contribution is 2.27. The number of anilines is 1. The summed E-state index contributed by atoms with van der Waals surface area (Å²) in [5.74, 6) is -0.0570. The Labute approximate surface area is 164 Å². The smallest absolute Gasteiger partial charge is 0.244 e. The first-order valence-electron chi connectivity index (χ1n) is 8.90. The molecule has 0 aliphatic heterocycles. The summed E-state index contributed by atoms with van der Waals surface area (Å²) in [5, 5.41) is 3.74. The van der Waals surface area contributed by atoms with E-state index in [0.717, 1.165) is 10.9 Å². The van der Waals surface area contributed by atoms with Gasteiger partial charge in [-0.05, 0) is 42.1 Å². The Balaban J connectivity index is 1.67. The maximum Gasteiger partial charge on any atom is 0.244 e. The van der Waals surface area contributed by atoms with E-state index in [4.69, 9.17) is 4.74 Å². The van der Waals surface area contributed by atoms with E-state index < -0.39 is 10.0 Å². The second kappa shape index (κ2) is 8.45. The van der Waals surface area contributed by atoms with Crippen LogP contribution in [0.25, 0.3) is 10.9 Å². The molecule has 0 radical (unpaired) electrons. The molecule has 1 heterocycles. The van der Waals surface area contributed by atoms with Crippen LogP contribution in [-0.2, 0) is 21.4 Å². The van der Waals surface area contributed by atoms with Gasteiger partial charge < -0.3 is 14.6 Å². The normalized spacial score (nSPS) is 11.5. The molecule has 0 saturated carbocycles. The Hall–Kier alpha value is -2.84. The molecule has 148 valence electrons. The third-order valence-corrected chi connectivity index (χ3v) is 5.80. The highest BCUT2D eigenvalue weighted by atomic mass is 32.2. The number of carbonyl (C=O) groups is 1. The average molecular weight is 401 g/mol. The van der Waals surface area contributed by atoms with Crippen LogP contribution in [0.2, 0.25) is 0 Å². The molecule has 0 fully saturated rings. The van der Waals surface area contributed by atoms with Gasteiger partial charge >= 0.3 is 0 Å². The van der Waals surface area contributed by atoms with Crippen molar-refractivity contribution in [2.75, 3.05) is 19.0 Å². The minimum atomic E-state index is -3.78. The van der Waals surface area contributed by atoms with E-state index in [1.165, 1.54) is 26.2 Å². The number of nitrogens with zero attached hydrogens (tertiary/aromatic N) is 1. The standard InChI is InChI=1S/C20H23N3O4S/c1-15(24)22-17-8-9-19(27-2)20(14-17)28(25,26)21-11-5-12-23-13-10-16-6-3-4-7-18(16)23/h3-4,6-10,13-14,21H,5,11-12H2,1-2H3,(H,22,24). The number of ether oxygens (including phenoxy) is 1. The summed E-state index contributed by atoms with van der Waals surface area (Å²) in [7, 11) is -2.37. The number of para-hydroxylation sites is 1. The van der Waals surface area contributed by atoms with Gasteiger partial charge in [-0.25, -0.2) is 13.1 Å². The molecule has 3 rings (SSSR count). The number of fused-ring (bicyclic) bond motifs is 1. The van der Waals surface area contributed by atoms with Gasteiger partial charge in [-0.1, -0.05) is 18.2 Å². The maximum absolute atomic E-state index is 12.7. The van der Waals surface area contributed by atoms with E-state index in [1.54, 1.807) is 6.07 Å². The number of nitrogens with one attached hydrogen (secondary N) is 2. The largest absolute Gasteiger partial charge is 0.495 e. The van der Waals surface area contributed by atoms with E-state index in [2.05, 4.69) is 14.6 Å². The predicted molar refractivity (Wildman–Crippen MR) is 109 cm³/mol. The molecule has 28 heavy (non-hydrogen) atoms. The van der Waals surface area contributed by atoms with Crippen LogP contribution in [0.15, 0.2) is 59.6 Å². The fourth-order valence-corrected chi connectivity index (χ4v) is 4.30. The summed E-state index contributed by atoms with van der Waals surface area (Å²) in [6.45, 7) is 2.34. The molecule has 0 atom stereocenters. The van der Waals surface area contributed by atoms with Crippen LogP contribution in [0.5, 0.6) is 5.75 Å². The second-order valence-electron chi connectivity index (χ2n) is 6.37. The van der Waals surface area contributed by atoms with E-state index in [-0.39, 0.29) is 23.1 Å². The van der Waals surface area contributed by atoms with E-state index in [0.29, 0.717) is 18.7 Å². The van der Waals surface area contributed by atoms with Gasteiger partial charge in [-0.3, -0.25) is 4.79 Å². The number of rotatable bonds is 8. The maximum atomic E-state index is 12.7. The first-order valence-corrected chi connectivity index (χ1v) is 10.4. The van der Waals surface area contributed by atoms with Gasteiger partial charge in [0.1, 0.15) is 10.6 Å². The minimum absolute atomic E-state index is 0.00679. The van der Waals surface area contributed by atoms with Crippen molar-refractivity contribution in [3.05, 3.63) is 54.7 Å². The lowest BCUT2D eigenvalue weighted by atomic mass is 10.2. The number of benzene rings is 2. The molecule has 0 aliphatic rings. The Morgan fingerprint density at radius 2 is 1.93 bits per heavy atom. The van der Waals surface area contributed by atoms with Crippen molar-refractivity contribution in [2.45, 2.75) is 24.8 Å². The molecular weight excluding hydrogens is 378 g/mol. The van der Waals surface area contributed by atoms with Crippen LogP contribution in [0, 0.1) is 0 Å². The summed E-state index contributed by atoms with van der Waals surface area (Å²) in [4.78, 5) is 11.2. The number of sulfonamides is 1. The average Bonchev–Trinajstić information content (AvgIpc) is 3.08. The summed E-state index contributed by atoms with van der Waals surface area (Å²) in [6.07, 6.45) is 2.63. The Bertz CT molecular complexity index is 1090. The number of amides is 1. The lowest BCUT2D eigenvalue weighted by Gasteiger charge is -2.13. The van der Waals surface area contributed by atoms with Crippen molar-refractivity contribution < 1.29 is 17.9 Å². The monoisotopic (exact) mass is 401 g/mol. The minimum Gasteiger partial charge on any atom is -0.495 e. The van der Waals surface area contributed by atoms with Gasteiger partial charge in [0.15, 0.2) is 0 Å². The van der Waals surface area contributed by atoms with Crippen LogP contribution in [0.3, 0.4) is 0 Å². The lowest BCUT2D eigenvalue weighted by Crippen LogP contribution is -2.26. The third kappa shape index (κ3) is 4.52. The Morgan fingerprint density at radius 1 is 1.14 bits per heavy atom. The van der Waals surface area contributed by atoms with Crippen LogP contribution < -0.4 is 14.8 Å². The number of carbonyl (C=O) groups excluding carboxylic acids is 1. The van der Waals surface area contributed by atoms with E-state index in [1.807, 2.05) is 36.5 Å². The molecule has 7 nitrogen and oxygen atoms in total. The van der Waals surface area contributed by atoms with Crippen molar-refractivity contribution in [3.63, 3.8) is 0 Å². The molecule has 0 unspecified atom stereocenters. The molecule has 0 spiro atoms. The number of aromatic nitrogens is 1. The fraction of sp³-hybridized carbons (Fsp3) is 0.250. The van der Waals surface area contributed by atoms with Gasteiger partial charge in [0.25, 0.3) is 0 Å². The SMILES string of the molecule is COc1ccc(NC(C)=O)cc1S(=O)(=O)NCCCn1ccc2ccccc21. The molecule has 0 saturated heterocycles. The molecule has 0 aliphatic carbocycles. The molecule has 0 bridgehead atoms. The van der Waals surface area contributed by atoms with E-state index in [9.17, 15) is 13.2 Å². The van der Waals surface area contributed by atoms with Gasteiger partial charge in [0, 0.05) is 37.4 Å². The van der Waals surface area contributed by atoms with Crippen molar-refractivity contribution >= 4 is 32.5 Å². The number of aryl methyl sites for hydroxylation is 1. The molecule has 2 N–H and O–H groups in total. The van der Waals surface area contributed by atoms with Gasteiger partial charge in [-0.2, -0.15) is 0 Å². The molecular formula is C20H23N3O4S. The molecule has 3 aromatic rings. The Kier molecular flexibility index (Phi) is 6.01. The first-order chi connectivity index (χ1) is 13.4. The summed E-state index contributed by atoms with van der Waals surface area (Å²) in [6, 6.07) is 14.6. The van der Waals surface area contributed by atoms with Crippen LogP contribution in [0.1, 0.15) is 13.3 Å². The zero-order valence-corrected chi connectivity index (χ0v) is 16.6. The number of hydrogen-bond acceptors (Lipinski definition) is 4. The molecule has 2 aromatic carbocycles. The van der Waals surface area contributed by atoms with Crippen LogP contribution in [-0.4, -0.2) is 32.5 Å². The highest BCUT2D eigenvalue weighted by molar-refractivity contribution is 7.89. The first kappa shape index (κ1) is 19.9. The van der Waals surface area contributed by atoms with Crippen molar-refractivity contribution in [1.82, 2.24) is 9.29 Å². The number of methoxy groups -OCH3 is 1. The van der Waals surface area contributed by atoms with Crippen molar-refractivity contribution in [2.24, 2.45) is 0 Å². The zero-order chi connectivity index (χ0) is 20.1. The van der Waals surface area contributed by atoms with Gasteiger partial charge in [0.05, 0.1) is 7.11 Å². The molecule has 1 amide bonds. The van der Waals surface area contributed by atoms with Gasteiger partial charge in [-0.15, -0.1) is 0 Å². The second-order valence-corrected chi connectivity index (χ2v) is 8.10. The van der Waals surface area contributed by atoms with Crippen molar-refractivity contribution in [3.8, 4) is 5.75 Å². The third-order valence-electron chi connectivity index (χ3n) is 4.32. The summed E-state index contributed by atoms with van der Waals surface area (Å²) >= 11 is 0. The summed E-state index contributed by atoms with van der Waals surface area (Å²) in [5.41, 5.74) is 1.52. The molecule has 1 aromatic heterocycles. The zero-order valence-electron chi connectivity index (χ0n) is 15.8. The highest BCUT2D eigenvalue weighted by Gasteiger charge is 2.20. The quantitative estimate of drug-likeness (QED) is 0.568. The number of hydrogen-bond donors (Lipinski definition) is 2. The van der Waals surface area contributed by atoms with E-state index >= 15 is 0 Å². The van der Waals surface area contributed by atoms with Crippen LogP contribution >= 0.6 is 0 Å². The van der Waals surface area contributed by atoms with Crippen molar-refractivity contribution in [1.29, 1.82) is 0 Å².